The van der Waals surface area contributed by atoms with E-state index in [4.69, 9.17) is 10.5 Å². The summed E-state index contributed by atoms with van der Waals surface area (Å²) in [4.78, 5) is 19.7. The van der Waals surface area contributed by atoms with Crippen LogP contribution in [0.1, 0.15) is 20.3 Å². The number of nitrogens with zero attached hydrogens (tertiary/aromatic N) is 1. The number of methoxy groups -OCH3 is 1. The number of nitrogens with one attached hydrogen (secondary N) is 2. The van der Waals surface area contributed by atoms with Gasteiger partial charge in [0.25, 0.3) is 0 Å². The van der Waals surface area contributed by atoms with E-state index in [-0.39, 0.29) is 5.91 Å². The molecule has 26 heavy (non-hydrogen) atoms. The number of benzene rings is 1. The summed E-state index contributed by atoms with van der Waals surface area (Å²) in [5, 5.41) is 3.90. The molecule has 0 saturated heterocycles. The highest BCUT2D eigenvalue weighted by Crippen LogP contribution is 2.33. The molecule has 2 heterocycles. The third kappa shape index (κ3) is 3.70. The van der Waals surface area contributed by atoms with Crippen molar-refractivity contribution in [1.29, 1.82) is 0 Å². The van der Waals surface area contributed by atoms with E-state index in [9.17, 15) is 4.79 Å². The van der Waals surface area contributed by atoms with E-state index in [0.29, 0.717) is 23.8 Å². The first-order valence-electron chi connectivity index (χ1n) is 8.66. The summed E-state index contributed by atoms with van der Waals surface area (Å²) in [7, 11) is 1.58. The Bertz CT molecular complexity index is 917. The fourth-order valence-corrected chi connectivity index (χ4v) is 3.01. The first-order valence-corrected chi connectivity index (χ1v) is 8.66. The molecule has 3 rings (SSSR count). The van der Waals surface area contributed by atoms with Gasteiger partial charge in [0.1, 0.15) is 11.4 Å². The topological polar surface area (TPSA) is 93.0 Å². The molecule has 1 atom stereocenters. The first-order chi connectivity index (χ1) is 12.5. The summed E-state index contributed by atoms with van der Waals surface area (Å²) in [5.41, 5.74) is 9.44. The van der Waals surface area contributed by atoms with Gasteiger partial charge in [0.2, 0.25) is 5.91 Å². The van der Waals surface area contributed by atoms with E-state index in [2.05, 4.69) is 15.3 Å². The summed E-state index contributed by atoms with van der Waals surface area (Å²) in [6.45, 7) is 4.08. The molecule has 0 saturated carbocycles. The zero-order valence-electron chi connectivity index (χ0n) is 15.2. The molecule has 0 bridgehead atoms. The van der Waals surface area contributed by atoms with E-state index in [1.165, 1.54) is 0 Å². The van der Waals surface area contributed by atoms with Gasteiger partial charge in [-0.05, 0) is 47.7 Å². The van der Waals surface area contributed by atoms with Gasteiger partial charge in [-0.25, -0.2) is 4.98 Å². The van der Waals surface area contributed by atoms with Crippen LogP contribution >= 0.6 is 0 Å². The molecule has 2 aromatic heterocycles. The summed E-state index contributed by atoms with van der Waals surface area (Å²) >= 11 is 0. The summed E-state index contributed by atoms with van der Waals surface area (Å²) in [6.07, 6.45) is 4.26. The van der Waals surface area contributed by atoms with E-state index in [1.54, 1.807) is 13.3 Å². The molecule has 0 aliphatic carbocycles. The normalized spacial score (nSPS) is 12.3. The van der Waals surface area contributed by atoms with Crippen molar-refractivity contribution in [1.82, 2.24) is 9.97 Å². The quantitative estimate of drug-likeness (QED) is 0.632. The van der Waals surface area contributed by atoms with Crippen molar-refractivity contribution in [3.63, 3.8) is 0 Å². The number of amides is 1. The molecule has 1 amide bonds. The molecule has 4 N–H and O–H groups in total. The highest BCUT2D eigenvalue weighted by atomic mass is 16.5. The second-order valence-electron chi connectivity index (χ2n) is 6.74. The van der Waals surface area contributed by atoms with Crippen LogP contribution in [0.5, 0.6) is 5.75 Å². The zero-order chi connectivity index (χ0) is 18.7. The van der Waals surface area contributed by atoms with Crippen LogP contribution in [0.2, 0.25) is 0 Å². The number of anilines is 1. The van der Waals surface area contributed by atoms with Crippen molar-refractivity contribution in [3.8, 4) is 16.9 Å². The van der Waals surface area contributed by atoms with Crippen LogP contribution in [0.4, 0.5) is 5.69 Å². The molecular weight excluding hydrogens is 328 g/mol. The number of rotatable bonds is 6. The Kier molecular flexibility index (Phi) is 5.23. The van der Waals surface area contributed by atoms with E-state index in [0.717, 1.165) is 22.2 Å². The molecule has 6 nitrogen and oxygen atoms in total. The molecule has 6 heteroatoms. The van der Waals surface area contributed by atoms with Gasteiger partial charge in [-0.3, -0.25) is 4.79 Å². The lowest BCUT2D eigenvalue weighted by molar-refractivity contribution is -0.117. The maximum Gasteiger partial charge on any atom is 0.241 e. The Labute approximate surface area is 152 Å². The SMILES string of the molecule is COc1cc(-c2ccnc3[nH]ccc23)ccc1NC(=O)[C@H](N)CC(C)C. The van der Waals surface area contributed by atoms with E-state index < -0.39 is 6.04 Å². The average molecular weight is 352 g/mol. The maximum absolute atomic E-state index is 12.3. The molecule has 136 valence electrons. The Morgan fingerprint density at radius 1 is 1.31 bits per heavy atom. The number of aromatic amines is 1. The van der Waals surface area contributed by atoms with E-state index in [1.807, 2.05) is 50.4 Å². The van der Waals surface area contributed by atoms with Crippen LogP contribution < -0.4 is 15.8 Å². The molecule has 0 fully saturated rings. The van der Waals surface area contributed by atoms with Crippen LogP contribution in [0, 0.1) is 5.92 Å². The number of aromatic nitrogens is 2. The highest BCUT2D eigenvalue weighted by molar-refractivity contribution is 5.97. The monoisotopic (exact) mass is 352 g/mol. The number of ether oxygens (including phenoxy) is 1. The minimum atomic E-state index is -0.543. The minimum Gasteiger partial charge on any atom is -0.495 e. The van der Waals surface area contributed by atoms with Crippen LogP contribution in [0.3, 0.4) is 0 Å². The van der Waals surface area contributed by atoms with Crippen LogP contribution in [0.25, 0.3) is 22.2 Å². The number of H-pyrrole nitrogens is 1. The lowest BCUT2D eigenvalue weighted by atomic mass is 10.0. The standard InChI is InChI=1S/C20H24N4O2/c1-12(2)10-16(21)20(25)24-17-5-4-13(11-18(17)26-3)14-6-8-22-19-15(14)7-9-23-19/h4-9,11-12,16H,10,21H2,1-3H3,(H,22,23)(H,24,25)/t16-/m1/s1. The fraction of sp³-hybridized carbons (Fsp3) is 0.300. The maximum atomic E-state index is 12.3. The number of hydrogen-bond acceptors (Lipinski definition) is 4. The first kappa shape index (κ1) is 17.9. The number of carbonyl (C=O) groups is 1. The predicted molar refractivity (Wildman–Crippen MR) is 104 cm³/mol. The molecule has 3 aromatic rings. The van der Waals surface area contributed by atoms with Crippen LogP contribution in [-0.2, 0) is 4.79 Å². The third-order valence-corrected chi connectivity index (χ3v) is 4.29. The molecule has 0 unspecified atom stereocenters. The molecular formula is C20H24N4O2. The second kappa shape index (κ2) is 7.58. The highest BCUT2D eigenvalue weighted by Gasteiger charge is 2.17. The summed E-state index contributed by atoms with van der Waals surface area (Å²) < 4.78 is 5.48. The van der Waals surface area contributed by atoms with Gasteiger partial charge >= 0.3 is 0 Å². The van der Waals surface area contributed by atoms with Crippen LogP contribution in [0.15, 0.2) is 42.7 Å². The third-order valence-electron chi connectivity index (χ3n) is 4.29. The number of pyridine rings is 1. The van der Waals surface area contributed by atoms with Gasteiger partial charge in [0.05, 0.1) is 18.8 Å². The number of carbonyl (C=O) groups excluding carboxylic acids is 1. The number of hydrogen-bond donors (Lipinski definition) is 3. The van der Waals surface area contributed by atoms with Gasteiger partial charge in [-0.1, -0.05) is 19.9 Å². The Balaban J connectivity index is 1.89. The Morgan fingerprint density at radius 2 is 2.12 bits per heavy atom. The van der Waals surface area contributed by atoms with Gasteiger partial charge in [0, 0.05) is 17.8 Å². The Morgan fingerprint density at radius 3 is 2.85 bits per heavy atom. The molecule has 0 spiro atoms. The van der Waals surface area contributed by atoms with Crippen molar-refractivity contribution in [2.24, 2.45) is 11.7 Å². The van der Waals surface area contributed by atoms with Crippen molar-refractivity contribution in [2.45, 2.75) is 26.3 Å². The van der Waals surface area contributed by atoms with Crippen molar-refractivity contribution in [2.75, 3.05) is 12.4 Å². The molecule has 1 aromatic carbocycles. The average Bonchev–Trinajstić information content (AvgIpc) is 3.10. The summed E-state index contributed by atoms with van der Waals surface area (Å²) in [6, 6.07) is 9.11. The molecule has 0 aliphatic rings. The van der Waals surface area contributed by atoms with E-state index >= 15 is 0 Å². The molecule has 0 aliphatic heterocycles. The predicted octanol–water partition coefficient (Wildman–Crippen LogP) is 3.55. The smallest absolute Gasteiger partial charge is 0.241 e. The minimum absolute atomic E-state index is 0.207. The van der Waals surface area contributed by atoms with Gasteiger partial charge < -0.3 is 20.8 Å². The molecule has 0 radical (unpaired) electrons. The van der Waals surface area contributed by atoms with Crippen LogP contribution in [-0.4, -0.2) is 29.0 Å². The van der Waals surface area contributed by atoms with Gasteiger partial charge in [0.15, 0.2) is 0 Å². The fourth-order valence-electron chi connectivity index (χ4n) is 3.01. The lowest BCUT2D eigenvalue weighted by Gasteiger charge is -2.16. The van der Waals surface area contributed by atoms with Crippen molar-refractivity contribution >= 4 is 22.6 Å². The number of nitrogens with two attached hydrogens (primary N) is 1. The summed E-state index contributed by atoms with van der Waals surface area (Å²) in [5.74, 6) is 0.741. The van der Waals surface area contributed by atoms with Gasteiger partial charge in [-0.2, -0.15) is 0 Å². The number of fused-ring (bicyclic) bond motifs is 1. The second-order valence-corrected chi connectivity index (χ2v) is 6.74. The van der Waals surface area contributed by atoms with Gasteiger partial charge in [-0.15, -0.1) is 0 Å². The largest absolute Gasteiger partial charge is 0.495 e. The zero-order valence-corrected chi connectivity index (χ0v) is 15.2. The van der Waals surface area contributed by atoms with Crippen molar-refractivity contribution < 1.29 is 9.53 Å². The van der Waals surface area contributed by atoms with Crippen molar-refractivity contribution in [3.05, 3.63) is 42.7 Å². The Hall–Kier alpha value is -2.86. The lowest BCUT2D eigenvalue weighted by Crippen LogP contribution is -2.36.